The summed E-state index contributed by atoms with van der Waals surface area (Å²) in [5.74, 6) is -0.425. The van der Waals surface area contributed by atoms with Crippen LogP contribution >= 0.6 is 0 Å². The van der Waals surface area contributed by atoms with Gasteiger partial charge < -0.3 is 4.52 Å². The van der Waals surface area contributed by atoms with Gasteiger partial charge in [0.05, 0.1) is 12.7 Å². The molecule has 1 saturated carbocycles. The molecule has 1 aromatic heterocycles. The van der Waals surface area contributed by atoms with Gasteiger partial charge in [0.15, 0.2) is 0 Å². The van der Waals surface area contributed by atoms with E-state index in [1.54, 1.807) is 0 Å². The minimum absolute atomic E-state index is 0.0535. The molecule has 1 aromatic rings. The number of amides is 4. The molecule has 0 spiro atoms. The Kier molecular flexibility index (Phi) is 4.15. The Morgan fingerprint density at radius 1 is 1.12 bits per heavy atom. The molecular formula is C18H21N3O4. The molecule has 1 saturated heterocycles. The summed E-state index contributed by atoms with van der Waals surface area (Å²) < 4.78 is 5.24. The molecule has 2 fully saturated rings. The Labute approximate surface area is 145 Å². The fourth-order valence-corrected chi connectivity index (χ4v) is 3.51. The molecule has 7 nitrogen and oxygen atoms in total. The number of aromatic nitrogens is 1. The van der Waals surface area contributed by atoms with E-state index in [1.807, 2.05) is 0 Å². The van der Waals surface area contributed by atoms with Crippen molar-refractivity contribution in [2.45, 2.75) is 57.4 Å². The Balaban J connectivity index is 1.43. The lowest BCUT2D eigenvalue weighted by Gasteiger charge is -2.17. The first-order valence-electron chi connectivity index (χ1n) is 8.94. The van der Waals surface area contributed by atoms with Crippen LogP contribution in [0.3, 0.4) is 0 Å². The van der Waals surface area contributed by atoms with E-state index in [2.05, 4.69) is 11.2 Å². The average Bonchev–Trinajstić information content (AvgIpc) is 3.33. The molecule has 0 aromatic carbocycles. The highest BCUT2D eigenvalue weighted by Gasteiger charge is 2.45. The molecule has 0 unspecified atom stereocenters. The molecule has 0 N–H and O–H groups in total. The Hall–Kier alpha value is -2.44. The standard InChI is InChI=1S/C18H21N3O4/c22-16-17(23)21(11-14-10-19-25-15(14)13-6-7-13)18(24)20(16)9-8-12-4-2-1-3-5-12/h4,10,13H,1-3,5-9,11H2. The molecule has 1 aliphatic heterocycles. The number of nitrogens with zero attached hydrogens (tertiary/aromatic N) is 3. The number of hydrogen-bond donors (Lipinski definition) is 0. The van der Waals surface area contributed by atoms with Crippen molar-refractivity contribution in [3.05, 3.63) is 29.2 Å². The number of hydrogen-bond acceptors (Lipinski definition) is 5. The smallest absolute Gasteiger partial charge is 0.334 e. The molecule has 3 aliphatic rings. The molecule has 0 atom stereocenters. The summed E-state index contributed by atoms with van der Waals surface area (Å²) >= 11 is 0. The molecule has 0 bridgehead atoms. The van der Waals surface area contributed by atoms with E-state index >= 15 is 0 Å². The third kappa shape index (κ3) is 3.10. The van der Waals surface area contributed by atoms with E-state index in [9.17, 15) is 14.4 Å². The average molecular weight is 343 g/mol. The van der Waals surface area contributed by atoms with Crippen LogP contribution in [0, 0.1) is 0 Å². The Bertz CT molecular complexity index is 747. The monoisotopic (exact) mass is 343 g/mol. The van der Waals surface area contributed by atoms with Crippen molar-refractivity contribution >= 4 is 17.8 Å². The summed E-state index contributed by atoms with van der Waals surface area (Å²) in [6.45, 7) is 0.322. The van der Waals surface area contributed by atoms with Gasteiger partial charge in [-0.1, -0.05) is 16.8 Å². The van der Waals surface area contributed by atoms with Crippen molar-refractivity contribution in [1.29, 1.82) is 0 Å². The van der Waals surface area contributed by atoms with Crippen LogP contribution in [0.5, 0.6) is 0 Å². The SMILES string of the molecule is O=C1C(=O)N(Cc2cnoc2C2CC2)C(=O)N1CCC1=CCCCC1. The van der Waals surface area contributed by atoms with E-state index in [4.69, 9.17) is 4.52 Å². The van der Waals surface area contributed by atoms with E-state index in [0.29, 0.717) is 17.9 Å². The number of carbonyl (C=O) groups excluding carboxylic acids is 3. The second-order valence-corrected chi connectivity index (χ2v) is 6.98. The minimum atomic E-state index is -0.759. The van der Waals surface area contributed by atoms with Crippen LogP contribution in [0.2, 0.25) is 0 Å². The lowest BCUT2D eigenvalue weighted by molar-refractivity contribution is -0.143. The van der Waals surface area contributed by atoms with Gasteiger partial charge in [0, 0.05) is 18.0 Å². The normalized spacial score (nSPS) is 21.3. The summed E-state index contributed by atoms with van der Waals surface area (Å²) in [6, 6.07) is -0.533. The molecule has 2 heterocycles. The van der Waals surface area contributed by atoms with Gasteiger partial charge in [-0.3, -0.25) is 19.4 Å². The van der Waals surface area contributed by atoms with Crippen molar-refractivity contribution in [2.24, 2.45) is 0 Å². The van der Waals surface area contributed by atoms with E-state index in [0.717, 1.165) is 47.7 Å². The van der Waals surface area contributed by atoms with Crippen LogP contribution < -0.4 is 0 Å². The molecule has 4 amide bonds. The zero-order valence-electron chi connectivity index (χ0n) is 14.1. The fourth-order valence-electron chi connectivity index (χ4n) is 3.51. The minimum Gasteiger partial charge on any atom is -0.361 e. The number of imide groups is 2. The first-order valence-corrected chi connectivity index (χ1v) is 8.94. The van der Waals surface area contributed by atoms with Crippen molar-refractivity contribution < 1.29 is 18.9 Å². The predicted molar refractivity (Wildman–Crippen MR) is 87.3 cm³/mol. The highest BCUT2D eigenvalue weighted by Crippen LogP contribution is 2.42. The van der Waals surface area contributed by atoms with Crippen molar-refractivity contribution in [3.8, 4) is 0 Å². The van der Waals surface area contributed by atoms with Crippen molar-refractivity contribution in [3.63, 3.8) is 0 Å². The van der Waals surface area contributed by atoms with Gasteiger partial charge in [-0.05, 0) is 44.9 Å². The zero-order valence-corrected chi connectivity index (χ0v) is 14.1. The summed E-state index contributed by atoms with van der Waals surface area (Å²) in [4.78, 5) is 39.1. The first-order chi connectivity index (χ1) is 12.1. The largest absolute Gasteiger partial charge is 0.361 e. The second kappa shape index (κ2) is 6.46. The molecular weight excluding hydrogens is 322 g/mol. The van der Waals surface area contributed by atoms with Gasteiger partial charge in [-0.15, -0.1) is 0 Å². The highest BCUT2D eigenvalue weighted by molar-refractivity contribution is 6.44. The maximum Gasteiger partial charge on any atom is 0.334 e. The lowest BCUT2D eigenvalue weighted by Crippen LogP contribution is -2.34. The number of carbonyl (C=O) groups is 3. The van der Waals surface area contributed by atoms with Gasteiger partial charge >= 0.3 is 17.8 Å². The molecule has 7 heteroatoms. The molecule has 132 valence electrons. The van der Waals surface area contributed by atoms with E-state index in [-0.39, 0.29) is 13.1 Å². The van der Waals surface area contributed by atoms with Crippen molar-refractivity contribution in [2.75, 3.05) is 6.54 Å². The Morgan fingerprint density at radius 2 is 1.92 bits per heavy atom. The summed E-state index contributed by atoms with van der Waals surface area (Å²) in [7, 11) is 0. The van der Waals surface area contributed by atoms with Gasteiger partial charge in [-0.2, -0.15) is 0 Å². The third-order valence-corrected chi connectivity index (χ3v) is 5.13. The van der Waals surface area contributed by atoms with Crippen LogP contribution in [0.15, 0.2) is 22.4 Å². The summed E-state index contributed by atoms with van der Waals surface area (Å²) in [5.41, 5.74) is 1.99. The zero-order chi connectivity index (χ0) is 17.4. The van der Waals surface area contributed by atoms with Crippen LogP contribution in [0.1, 0.15) is 62.2 Å². The third-order valence-electron chi connectivity index (χ3n) is 5.13. The molecule has 25 heavy (non-hydrogen) atoms. The topological polar surface area (TPSA) is 83.7 Å². The lowest BCUT2D eigenvalue weighted by atomic mass is 9.97. The van der Waals surface area contributed by atoms with Gasteiger partial charge in [0.2, 0.25) is 0 Å². The Morgan fingerprint density at radius 3 is 2.64 bits per heavy atom. The molecule has 4 rings (SSSR count). The molecule has 2 aliphatic carbocycles. The van der Waals surface area contributed by atoms with Gasteiger partial charge in [0.25, 0.3) is 0 Å². The van der Waals surface area contributed by atoms with Crippen LogP contribution in [-0.2, 0) is 16.1 Å². The second-order valence-electron chi connectivity index (χ2n) is 6.98. The molecule has 0 radical (unpaired) electrons. The fraction of sp³-hybridized carbons (Fsp3) is 0.556. The van der Waals surface area contributed by atoms with Crippen LogP contribution in [0.4, 0.5) is 4.79 Å². The number of rotatable bonds is 6. The first kappa shape index (κ1) is 16.1. The number of allylic oxidation sites excluding steroid dienone is 1. The summed E-state index contributed by atoms with van der Waals surface area (Å²) in [6.07, 6.45) is 10.9. The van der Waals surface area contributed by atoms with E-state index in [1.165, 1.54) is 18.2 Å². The van der Waals surface area contributed by atoms with E-state index < -0.39 is 17.8 Å². The highest BCUT2D eigenvalue weighted by atomic mass is 16.5. The maximum atomic E-state index is 12.6. The van der Waals surface area contributed by atoms with Crippen LogP contribution in [0.25, 0.3) is 0 Å². The van der Waals surface area contributed by atoms with Crippen LogP contribution in [-0.4, -0.2) is 39.3 Å². The van der Waals surface area contributed by atoms with Gasteiger partial charge in [-0.25, -0.2) is 4.79 Å². The maximum absolute atomic E-state index is 12.6. The predicted octanol–water partition coefficient (Wildman–Crippen LogP) is 2.73. The number of urea groups is 1. The van der Waals surface area contributed by atoms with Gasteiger partial charge in [0.1, 0.15) is 5.76 Å². The summed E-state index contributed by atoms with van der Waals surface area (Å²) in [5, 5.41) is 3.78. The quantitative estimate of drug-likeness (QED) is 0.450. The van der Waals surface area contributed by atoms with Crippen molar-refractivity contribution in [1.82, 2.24) is 15.0 Å².